The molecule has 0 amide bonds. The van der Waals surface area contributed by atoms with E-state index in [2.05, 4.69) is 18.7 Å². The molecule has 0 aromatic heterocycles. The Morgan fingerprint density at radius 1 is 1.22 bits per heavy atom. The molecule has 1 aromatic rings. The molecule has 0 radical (unpaired) electrons. The highest BCUT2D eigenvalue weighted by Gasteiger charge is 2.24. The van der Waals surface area contributed by atoms with E-state index >= 15 is 0 Å². The van der Waals surface area contributed by atoms with Crippen LogP contribution < -0.4 is 0 Å². The summed E-state index contributed by atoms with van der Waals surface area (Å²) in [5.74, 6) is 0. The van der Waals surface area contributed by atoms with Gasteiger partial charge in [-0.3, -0.25) is 0 Å². The molecule has 1 aromatic carbocycles. The van der Waals surface area contributed by atoms with Gasteiger partial charge in [0.2, 0.25) is 0 Å². The Hall–Kier alpha value is -0.350. The Morgan fingerprint density at radius 2 is 1.83 bits per heavy atom. The Labute approximate surface area is 123 Å². The summed E-state index contributed by atoms with van der Waals surface area (Å²) in [4.78, 5) is 2.96. The van der Waals surface area contributed by atoms with Crippen LogP contribution in [0, 0.1) is 0 Å². The van der Waals surface area contributed by atoms with Gasteiger partial charge in [-0.2, -0.15) is 0 Å². The van der Waals surface area contributed by atoms with Gasteiger partial charge in [0.1, 0.15) is 4.99 Å². The molecular weight excluding hydrogens is 289 g/mol. The highest BCUT2D eigenvalue weighted by molar-refractivity contribution is 7.80. The normalized spacial score (nSPS) is 24.1. The third-order valence-corrected chi connectivity index (χ3v) is 4.11. The molecule has 0 spiro atoms. The summed E-state index contributed by atoms with van der Waals surface area (Å²) in [5.41, 5.74) is 0.931. The Bertz CT molecular complexity index is 456. The Morgan fingerprint density at radius 3 is 2.39 bits per heavy atom. The van der Waals surface area contributed by atoms with Crippen molar-refractivity contribution in [2.24, 2.45) is 0 Å². The highest BCUT2D eigenvalue weighted by Crippen LogP contribution is 2.24. The van der Waals surface area contributed by atoms with Crippen molar-refractivity contribution >= 4 is 40.4 Å². The first-order valence-corrected chi connectivity index (χ1v) is 7.03. The van der Waals surface area contributed by atoms with E-state index in [0.29, 0.717) is 10.0 Å². The van der Waals surface area contributed by atoms with Crippen LogP contribution in [0.1, 0.15) is 19.4 Å². The van der Waals surface area contributed by atoms with Crippen LogP contribution in [0.4, 0.5) is 0 Å². The Balaban J connectivity index is 2.17. The molecule has 1 aliphatic rings. The van der Waals surface area contributed by atoms with Gasteiger partial charge in [-0.15, -0.1) is 0 Å². The van der Waals surface area contributed by atoms with Crippen molar-refractivity contribution in [1.29, 1.82) is 0 Å². The van der Waals surface area contributed by atoms with Crippen molar-refractivity contribution in [1.82, 2.24) is 4.90 Å². The summed E-state index contributed by atoms with van der Waals surface area (Å²) >= 11 is 17.4. The van der Waals surface area contributed by atoms with Crippen molar-refractivity contribution < 1.29 is 4.74 Å². The van der Waals surface area contributed by atoms with E-state index in [-0.39, 0.29) is 12.2 Å². The molecule has 0 saturated carbocycles. The lowest BCUT2D eigenvalue weighted by Crippen LogP contribution is -2.47. The fourth-order valence-corrected chi connectivity index (χ4v) is 2.73. The maximum atomic E-state index is 6.02. The third kappa shape index (κ3) is 3.15. The number of rotatable bonds is 1. The Kier molecular flexibility index (Phi) is 4.49. The van der Waals surface area contributed by atoms with E-state index in [0.717, 1.165) is 23.6 Å². The SMILES string of the molecule is C[C@@H]1CN(C(=S)c2ccc(Cl)c(Cl)c2)C[C@@H](C)O1. The lowest BCUT2D eigenvalue weighted by Gasteiger charge is -2.37. The van der Waals surface area contributed by atoms with Crippen LogP contribution in [0.5, 0.6) is 0 Å². The van der Waals surface area contributed by atoms with Gasteiger partial charge in [-0.1, -0.05) is 41.5 Å². The van der Waals surface area contributed by atoms with E-state index in [1.165, 1.54) is 0 Å². The van der Waals surface area contributed by atoms with E-state index in [1.54, 1.807) is 6.07 Å². The van der Waals surface area contributed by atoms with Crippen molar-refractivity contribution in [3.63, 3.8) is 0 Å². The summed E-state index contributed by atoms with van der Waals surface area (Å²) in [6, 6.07) is 5.50. The molecule has 0 bridgehead atoms. The molecular formula is C13H15Cl2NOS. The second-order valence-electron chi connectivity index (χ2n) is 4.60. The highest BCUT2D eigenvalue weighted by atomic mass is 35.5. The average molecular weight is 304 g/mol. The molecule has 1 fully saturated rings. The monoisotopic (exact) mass is 303 g/mol. The van der Waals surface area contributed by atoms with Gasteiger partial charge in [-0.25, -0.2) is 0 Å². The molecule has 0 aliphatic carbocycles. The van der Waals surface area contributed by atoms with E-state index < -0.39 is 0 Å². The topological polar surface area (TPSA) is 12.5 Å². The minimum atomic E-state index is 0.189. The maximum absolute atomic E-state index is 6.02. The smallest absolute Gasteiger partial charge is 0.109 e. The molecule has 0 unspecified atom stereocenters. The van der Waals surface area contributed by atoms with E-state index in [1.807, 2.05) is 12.1 Å². The van der Waals surface area contributed by atoms with Gasteiger partial charge < -0.3 is 9.64 Å². The third-order valence-electron chi connectivity index (χ3n) is 2.87. The van der Waals surface area contributed by atoms with Crippen molar-refractivity contribution in [3.8, 4) is 0 Å². The number of ether oxygens (including phenoxy) is 1. The number of benzene rings is 1. The molecule has 2 rings (SSSR count). The zero-order valence-electron chi connectivity index (χ0n) is 10.3. The van der Waals surface area contributed by atoms with Gasteiger partial charge in [-0.05, 0) is 26.0 Å². The second-order valence-corrected chi connectivity index (χ2v) is 5.80. The molecule has 1 heterocycles. The van der Waals surface area contributed by atoms with Crippen LogP contribution in [-0.2, 0) is 4.74 Å². The van der Waals surface area contributed by atoms with Gasteiger partial charge in [0.05, 0.1) is 22.3 Å². The lowest BCUT2D eigenvalue weighted by atomic mass is 10.1. The van der Waals surface area contributed by atoms with E-state index in [4.69, 9.17) is 40.2 Å². The molecule has 0 N–H and O–H groups in total. The van der Waals surface area contributed by atoms with Crippen molar-refractivity contribution in [2.75, 3.05) is 13.1 Å². The van der Waals surface area contributed by atoms with Crippen LogP contribution in [-0.4, -0.2) is 35.2 Å². The zero-order valence-corrected chi connectivity index (χ0v) is 12.6. The number of nitrogens with zero attached hydrogens (tertiary/aromatic N) is 1. The molecule has 98 valence electrons. The molecule has 2 nitrogen and oxygen atoms in total. The van der Waals surface area contributed by atoms with E-state index in [9.17, 15) is 0 Å². The lowest BCUT2D eigenvalue weighted by molar-refractivity contribution is -0.0472. The predicted molar refractivity (Wildman–Crippen MR) is 79.7 cm³/mol. The summed E-state index contributed by atoms with van der Waals surface area (Å²) in [5, 5.41) is 1.08. The molecule has 1 aliphatic heterocycles. The van der Waals surface area contributed by atoms with Crippen LogP contribution in [0.25, 0.3) is 0 Å². The summed E-state index contributed by atoms with van der Waals surface area (Å²) in [6.07, 6.45) is 0.379. The molecule has 18 heavy (non-hydrogen) atoms. The average Bonchev–Trinajstić information content (AvgIpc) is 2.30. The summed E-state index contributed by atoms with van der Waals surface area (Å²) < 4.78 is 5.70. The first kappa shape index (κ1) is 14.1. The summed E-state index contributed by atoms with van der Waals surface area (Å²) in [6.45, 7) is 5.73. The van der Waals surface area contributed by atoms with Crippen LogP contribution in [0.3, 0.4) is 0 Å². The van der Waals surface area contributed by atoms with Gasteiger partial charge >= 0.3 is 0 Å². The first-order chi connectivity index (χ1) is 8.47. The van der Waals surface area contributed by atoms with Crippen LogP contribution in [0.2, 0.25) is 10.0 Å². The number of halogens is 2. The number of hydrogen-bond donors (Lipinski definition) is 0. The quantitative estimate of drug-likeness (QED) is 0.733. The van der Waals surface area contributed by atoms with Gasteiger partial charge in [0.15, 0.2) is 0 Å². The minimum Gasteiger partial charge on any atom is -0.372 e. The molecule has 1 saturated heterocycles. The largest absolute Gasteiger partial charge is 0.372 e. The van der Waals surface area contributed by atoms with Gasteiger partial charge in [0.25, 0.3) is 0 Å². The minimum absolute atomic E-state index is 0.189. The standard InChI is InChI=1S/C13H15Cl2NOS/c1-8-6-16(7-9(2)17-8)13(18)10-3-4-11(14)12(15)5-10/h3-5,8-9H,6-7H2,1-2H3/t8-,9-/m1/s1. The van der Waals surface area contributed by atoms with Gasteiger partial charge in [0, 0.05) is 18.7 Å². The fourth-order valence-electron chi connectivity index (χ4n) is 2.16. The molecule has 5 heteroatoms. The fraction of sp³-hybridized carbons (Fsp3) is 0.462. The number of thiocarbonyl (C=S) groups is 1. The van der Waals surface area contributed by atoms with Crippen molar-refractivity contribution in [3.05, 3.63) is 33.8 Å². The number of morpholine rings is 1. The zero-order chi connectivity index (χ0) is 13.3. The maximum Gasteiger partial charge on any atom is 0.109 e. The second kappa shape index (κ2) is 5.74. The predicted octanol–water partition coefficient (Wildman–Crippen LogP) is 3.78. The van der Waals surface area contributed by atoms with Crippen LogP contribution >= 0.6 is 35.4 Å². The van der Waals surface area contributed by atoms with Crippen molar-refractivity contribution in [2.45, 2.75) is 26.1 Å². The number of hydrogen-bond acceptors (Lipinski definition) is 2. The molecule has 2 atom stereocenters. The summed E-state index contributed by atoms with van der Waals surface area (Å²) in [7, 11) is 0. The first-order valence-electron chi connectivity index (χ1n) is 5.87. The van der Waals surface area contributed by atoms with Crippen LogP contribution in [0.15, 0.2) is 18.2 Å².